The molecule has 1 fully saturated rings. The van der Waals surface area contributed by atoms with Crippen LogP contribution in [0.25, 0.3) is 0 Å². The van der Waals surface area contributed by atoms with Gasteiger partial charge in [-0.05, 0) is 18.4 Å². The lowest BCUT2D eigenvalue weighted by Crippen LogP contribution is -2.45. The van der Waals surface area contributed by atoms with Crippen LogP contribution < -0.4 is 5.32 Å². The lowest BCUT2D eigenvalue weighted by Gasteiger charge is -2.29. The van der Waals surface area contributed by atoms with Crippen LogP contribution in [0.4, 0.5) is 0 Å². The molecule has 0 spiro atoms. The second-order valence-electron chi connectivity index (χ2n) is 5.07. The van der Waals surface area contributed by atoms with Crippen LogP contribution in [0.2, 0.25) is 0 Å². The van der Waals surface area contributed by atoms with Gasteiger partial charge in [0.2, 0.25) is 5.91 Å². The molecule has 4 nitrogen and oxygen atoms in total. The summed E-state index contributed by atoms with van der Waals surface area (Å²) < 4.78 is 0. The van der Waals surface area contributed by atoms with Gasteiger partial charge in [0.05, 0.1) is 12.3 Å². The van der Waals surface area contributed by atoms with Gasteiger partial charge >= 0.3 is 5.97 Å². The van der Waals surface area contributed by atoms with Gasteiger partial charge in [0.25, 0.3) is 0 Å². The van der Waals surface area contributed by atoms with Gasteiger partial charge in [0, 0.05) is 6.04 Å². The summed E-state index contributed by atoms with van der Waals surface area (Å²) in [6.45, 7) is 0. The fourth-order valence-electron chi connectivity index (χ4n) is 2.64. The van der Waals surface area contributed by atoms with Crippen LogP contribution in [0.3, 0.4) is 0 Å². The van der Waals surface area contributed by atoms with Gasteiger partial charge in [-0.1, -0.05) is 43.2 Å². The zero-order valence-electron chi connectivity index (χ0n) is 10.8. The van der Waals surface area contributed by atoms with Crippen LogP contribution >= 0.6 is 0 Å². The van der Waals surface area contributed by atoms with E-state index in [4.69, 9.17) is 5.11 Å². The summed E-state index contributed by atoms with van der Waals surface area (Å²) in [5.74, 6) is -1.33. The molecule has 0 radical (unpaired) electrons. The second kappa shape index (κ2) is 6.36. The minimum Gasteiger partial charge on any atom is -0.481 e. The zero-order valence-corrected chi connectivity index (χ0v) is 10.8. The van der Waals surface area contributed by atoms with Gasteiger partial charge in [-0.15, -0.1) is 0 Å². The van der Waals surface area contributed by atoms with Gasteiger partial charge in [-0.25, -0.2) is 0 Å². The average Bonchev–Trinajstić information content (AvgIpc) is 2.40. The minimum atomic E-state index is -0.801. The highest BCUT2D eigenvalue weighted by atomic mass is 16.4. The fourth-order valence-corrected chi connectivity index (χ4v) is 2.64. The molecule has 102 valence electrons. The molecule has 0 bridgehead atoms. The molecule has 1 aromatic carbocycles. The standard InChI is InChI=1S/C15H19NO3/c17-14(10-11-6-2-1-3-7-11)16-13-9-5-4-8-12(13)15(18)19/h1-3,6-7,12-13H,4-5,8-10H2,(H,16,17)(H,18,19)/t12-,13+/m0/s1. The maximum Gasteiger partial charge on any atom is 0.308 e. The Hall–Kier alpha value is -1.84. The van der Waals surface area contributed by atoms with E-state index in [1.807, 2.05) is 30.3 Å². The van der Waals surface area contributed by atoms with Crippen molar-refractivity contribution in [2.45, 2.75) is 38.1 Å². The van der Waals surface area contributed by atoms with E-state index in [0.717, 1.165) is 24.8 Å². The van der Waals surface area contributed by atoms with E-state index in [1.165, 1.54) is 0 Å². The van der Waals surface area contributed by atoms with Crippen molar-refractivity contribution in [3.05, 3.63) is 35.9 Å². The zero-order chi connectivity index (χ0) is 13.7. The largest absolute Gasteiger partial charge is 0.481 e. The van der Waals surface area contributed by atoms with Gasteiger partial charge in [-0.2, -0.15) is 0 Å². The number of aliphatic carboxylic acids is 1. The fraction of sp³-hybridized carbons (Fsp3) is 0.467. The molecule has 0 heterocycles. The van der Waals surface area contributed by atoms with Gasteiger partial charge in [0.15, 0.2) is 0 Å². The number of carboxylic acids is 1. The minimum absolute atomic E-state index is 0.0932. The van der Waals surface area contributed by atoms with Crippen LogP contribution in [0, 0.1) is 5.92 Å². The van der Waals surface area contributed by atoms with Crippen molar-refractivity contribution in [2.24, 2.45) is 5.92 Å². The number of hydrogen-bond donors (Lipinski definition) is 2. The molecule has 1 aromatic rings. The summed E-state index contributed by atoms with van der Waals surface area (Å²) in [5.41, 5.74) is 0.947. The predicted octanol–water partition coefficient (Wildman–Crippen LogP) is 1.99. The van der Waals surface area contributed by atoms with E-state index < -0.39 is 11.9 Å². The third kappa shape index (κ3) is 3.81. The highest BCUT2D eigenvalue weighted by molar-refractivity contribution is 5.80. The summed E-state index contributed by atoms with van der Waals surface area (Å²) in [4.78, 5) is 23.1. The number of benzene rings is 1. The lowest BCUT2D eigenvalue weighted by molar-refractivity contribution is -0.144. The van der Waals surface area contributed by atoms with E-state index in [1.54, 1.807) is 0 Å². The molecule has 0 aliphatic heterocycles. The predicted molar refractivity (Wildman–Crippen MR) is 71.7 cm³/mol. The normalized spacial score (nSPS) is 22.7. The van der Waals surface area contributed by atoms with Crippen LogP contribution in [-0.2, 0) is 16.0 Å². The molecule has 0 saturated heterocycles. The van der Waals surface area contributed by atoms with Gasteiger partial charge < -0.3 is 10.4 Å². The first-order valence-corrected chi connectivity index (χ1v) is 6.73. The van der Waals surface area contributed by atoms with Crippen molar-refractivity contribution < 1.29 is 14.7 Å². The summed E-state index contributed by atoms with van der Waals surface area (Å²) in [6.07, 6.45) is 3.65. The number of carbonyl (C=O) groups excluding carboxylic acids is 1. The van der Waals surface area contributed by atoms with Crippen molar-refractivity contribution in [1.29, 1.82) is 0 Å². The van der Waals surface area contributed by atoms with E-state index in [9.17, 15) is 9.59 Å². The number of rotatable bonds is 4. The summed E-state index contributed by atoms with van der Waals surface area (Å²) in [6, 6.07) is 9.27. The first-order valence-electron chi connectivity index (χ1n) is 6.73. The first-order chi connectivity index (χ1) is 9.16. The van der Waals surface area contributed by atoms with Crippen molar-refractivity contribution in [2.75, 3.05) is 0 Å². The molecule has 1 aliphatic carbocycles. The highest BCUT2D eigenvalue weighted by Gasteiger charge is 2.31. The summed E-state index contributed by atoms with van der Waals surface area (Å²) in [7, 11) is 0. The lowest BCUT2D eigenvalue weighted by atomic mass is 9.84. The Morgan fingerprint density at radius 3 is 2.53 bits per heavy atom. The quantitative estimate of drug-likeness (QED) is 0.871. The van der Waals surface area contributed by atoms with Crippen molar-refractivity contribution in [3.8, 4) is 0 Å². The molecule has 1 amide bonds. The van der Waals surface area contributed by atoms with Crippen LogP contribution in [0.1, 0.15) is 31.2 Å². The molecule has 2 rings (SSSR count). The molecule has 0 unspecified atom stereocenters. The number of nitrogens with one attached hydrogen (secondary N) is 1. The van der Waals surface area contributed by atoms with Gasteiger partial charge in [-0.3, -0.25) is 9.59 Å². The average molecular weight is 261 g/mol. The topological polar surface area (TPSA) is 66.4 Å². The Labute approximate surface area is 112 Å². The smallest absolute Gasteiger partial charge is 0.308 e. The Morgan fingerprint density at radius 1 is 1.16 bits per heavy atom. The van der Waals surface area contributed by atoms with E-state index in [2.05, 4.69) is 5.32 Å². The number of amides is 1. The Kier molecular flexibility index (Phi) is 4.55. The molecule has 1 saturated carbocycles. The van der Waals surface area contributed by atoms with Crippen LogP contribution in [-0.4, -0.2) is 23.0 Å². The molecular formula is C15H19NO3. The maximum atomic E-state index is 11.9. The van der Waals surface area contributed by atoms with Gasteiger partial charge in [0.1, 0.15) is 0 Å². The molecule has 4 heteroatoms. The third-order valence-electron chi connectivity index (χ3n) is 3.64. The molecule has 19 heavy (non-hydrogen) atoms. The maximum absolute atomic E-state index is 11.9. The van der Waals surface area contributed by atoms with Crippen molar-refractivity contribution >= 4 is 11.9 Å². The number of carbonyl (C=O) groups is 2. The van der Waals surface area contributed by atoms with E-state index >= 15 is 0 Å². The molecule has 2 atom stereocenters. The number of carboxylic acid groups (broad SMARTS) is 1. The highest BCUT2D eigenvalue weighted by Crippen LogP contribution is 2.24. The Morgan fingerprint density at radius 2 is 1.84 bits per heavy atom. The molecule has 0 aromatic heterocycles. The first kappa shape index (κ1) is 13.6. The van der Waals surface area contributed by atoms with Crippen molar-refractivity contribution in [1.82, 2.24) is 5.32 Å². The second-order valence-corrected chi connectivity index (χ2v) is 5.07. The summed E-state index contributed by atoms with van der Waals surface area (Å²) >= 11 is 0. The Bertz CT molecular complexity index is 444. The van der Waals surface area contributed by atoms with Crippen LogP contribution in [0.15, 0.2) is 30.3 Å². The molecule has 1 aliphatic rings. The van der Waals surface area contributed by atoms with Crippen molar-refractivity contribution in [3.63, 3.8) is 0 Å². The van der Waals surface area contributed by atoms with E-state index in [-0.39, 0.29) is 11.9 Å². The van der Waals surface area contributed by atoms with E-state index in [0.29, 0.717) is 12.8 Å². The molecular weight excluding hydrogens is 242 g/mol. The molecule has 2 N–H and O–H groups in total. The monoisotopic (exact) mass is 261 g/mol. The third-order valence-corrected chi connectivity index (χ3v) is 3.64. The Balaban J connectivity index is 1.92. The number of hydrogen-bond acceptors (Lipinski definition) is 2. The van der Waals surface area contributed by atoms with Crippen LogP contribution in [0.5, 0.6) is 0 Å². The SMILES string of the molecule is O=C(Cc1ccccc1)N[C@@H]1CCCC[C@@H]1C(=O)O. The summed E-state index contributed by atoms with van der Waals surface area (Å²) in [5, 5.41) is 12.0.